The van der Waals surface area contributed by atoms with Gasteiger partial charge in [-0.2, -0.15) is 5.10 Å². The Kier molecular flexibility index (Phi) is 4.14. The SMILES string of the molecule is CCNc1cc(C(C)(C)C)nn1-c1cccc(CO)c1. The average molecular weight is 273 g/mol. The molecule has 4 nitrogen and oxygen atoms in total. The lowest BCUT2D eigenvalue weighted by Crippen LogP contribution is -2.12. The Hall–Kier alpha value is -1.81. The van der Waals surface area contributed by atoms with Crippen molar-refractivity contribution in [2.45, 2.75) is 39.7 Å². The van der Waals surface area contributed by atoms with Gasteiger partial charge in [0.2, 0.25) is 0 Å². The van der Waals surface area contributed by atoms with Crippen LogP contribution in [0.3, 0.4) is 0 Å². The minimum atomic E-state index is 0.00398. The Balaban J connectivity index is 2.50. The molecular formula is C16H23N3O. The standard InChI is InChI=1S/C16H23N3O/c1-5-17-15-10-14(16(2,3)4)18-19(15)13-8-6-7-12(9-13)11-20/h6-10,17,20H,5,11H2,1-4H3. The van der Waals surface area contributed by atoms with E-state index < -0.39 is 0 Å². The lowest BCUT2D eigenvalue weighted by molar-refractivity contribution is 0.282. The minimum absolute atomic E-state index is 0.00398. The summed E-state index contributed by atoms with van der Waals surface area (Å²) in [6, 6.07) is 9.90. The largest absolute Gasteiger partial charge is 0.392 e. The first-order valence-electron chi connectivity index (χ1n) is 7.00. The highest BCUT2D eigenvalue weighted by molar-refractivity contribution is 5.48. The molecule has 0 fully saturated rings. The normalized spacial score (nSPS) is 11.7. The summed E-state index contributed by atoms with van der Waals surface area (Å²) in [6.07, 6.45) is 0. The topological polar surface area (TPSA) is 50.1 Å². The smallest absolute Gasteiger partial charge is 0.130 e. The van der Waals surface area contributed by atoms with E-state index in [1.54, 1.807) is 0 Å². The molecule has 0 radical (unpaired) electrons. The minimum Gasteiger partial charge on any atom is -0.392 e. The molecule has 1 aromatic heterocycles. The molecule has 0 aliphatic rings. The fraction of sp³-hybridized carbons (Fsp3) is 0.438. The number of hydrogen-bond donors (Lipinski definition) is 2. The van der Waals surface area contributed by atoms with E-state index >= 15 is 0 Å². The van der Waals surface area contributed by atoms with Gasteiger partial charge in [0.25, 0.3) is 0 Å². The van der Waals surface area contributed by atoms with E-state index in [0.717, 1.165) is 29.3 Å². The second kappa shape index (κ2) is 5.67. The molecule has 0 aliphatic carbocycles. The molecule has 20 heavy (non-hydrogen) atoms. The first-order chi connectivity index (χ1) is 9.45. The van der Waals surface area contributed by atoms with Crippen molar-refractivity contribution < 1.29 is 5.11 Å². The molecule has 0 bridgehead atoms. The summed E-state index contributed by atoms with van der Waals surface area (Å²) >= 11 is 0. The summed E-state index contributed by atoms with van der Waals surface area (Å²) in [4.78, 5) is 0. The molecule has 0 spiro atoms. The number of hydrogen-bond acceptors (Lipinski definition) is 3. The van der Waals surface area contributed by atoms with Gasteiger partial charge < -0.3 is 10.4 Å². The molecule has 0 atom stereocenters. The van der Waals surface area contributed by atoms with E-state index in [2.05, 4.69) is 39.1 Å². The van der Waals surface area contributed by atoms with Crippen LogP contribution in [-0.4, -0.2) is 21.4 Å². The molecular weight excluding hydrogens is 250 g/mol. The molecule has 1 aromatic carbocycles. The predicted molar refractivity (Wildman–Crippen MR) is 82.4 cm³/mol. The zero-order chi connectivity index (χ0) is 14.8. The molecule has 1 heterocycles. The number of nitrogens with zero attached hydrogens (tertiary/aromatic N) is 2. The molecule has 0 unspecified atom stereocenters. The molecule has 0 aliphatic heterocycles. The molecule has 108 valence electrons. The second-order valence-electron chi connectivity index (χ2n) is 5.93. The third kappa shape index (κ3) is 3.02. The second-order valence-corrected chi connectivity index (χ2v) is 5.93. The summed E-state index contributed by atoms with van der Waals surface area (Å²) in [7, 11) is 0. The third-order valence-corrected chi connectivity index (χ3v) is 3.17. The van der Waals surface area contributed by atoms with Crippen LogP contribution in [0.1, 0.15) is 39.0 Å². The highest BCUT2D eigenvalue weighted by Crippen LogP contribution is 2.26. The molecule has 2 N–H and O–H groups in total. The van der Waals surface area contributed by atoms with Gasteiger partial charge in [-0.05, 0) is 24.6 Å². The monoisotopic (exact) mass is 273 g/mol. The molecule has 4 heteroatoms. The van der Waals surface area contributed by atoms with Gasteiger partial charge in [0.1, 0.15) is 5.82 Å². The molecule has 0 saturated heterocycles. The number of rotatable bonds is 4. The lowest BCUT2D eigenvalue weighted by Gasteiger charge is -2.14. The average Bonchev–Trinajstić information content (AvgIpc) is 2.83. The molecule has 0 amide bonds. The quantitative estimate of drug-likeness (QED) is 0.900. The first-order valence-corrected chi connectivity index (χ1v) is 7.00. The maximum absolute atomic E-state index is 9.27. The van der Waals surface area contributed by atoms with Gasteiger partial charge >= 0.3 is 0 Å². The van der Waals surface area contributed by atoms with Crippen molar-refractivity contribution in [1.82, 2.24) is 9.78 Å². The van der Waals surface area contributed by atoms with Crippen molar-refractivity contribution in [3.05, 3.63) is 41.6 Å². The Morgan fingerprint density at radius 1 is 1.25 bits per heavy atom. The van der Waals surface area contributed by atoms with Gasteiger partial charge in [-0.3, -0.25) is 0 Å². The van der Waals surface area contributed by atoms with E-state index in [0.29, 0.717) is 0 Å². The Labute approximate surface area is 120 Å². The van der Waals surface area contributed by atoms with E-state index in [9.17, 15) is 5.11 Å². The van der Waals surface area contributed by atoms with Gasteiger partial charge in [0.15, 0.2) is 0 Å². The zero-order valence-electron chi connectivity index (χ0n) is 12.6. The highest BCUT2D eigenvalue weighted by Gasteiger charge is 2.20. The van der Waals surface area contributed by atoms with E-state index in [1.165, 1.54) is 0 Å². The Morgan fingerprint density at radius 3 is 2.60 bits per heavy atom. The summed E-state index contributed by atoms with van der Waals surface area (Å²) in [5.41, 5.74) is 2.90. The van der Waals surface area contributed by atoms with Crippen LogP contribution in [0, 0.1) is 0 Å². The van der Waals surface area contributed by atoms with Gasteiger partial charge in [0, 0.05) is 18.0 Å². The number of aliphatic hydroxyl groups excluding tert-OH is 1. The number of benzene rings is 1. The molecule has 2 aromatic rings. The number of anilines is 1. The Morgan fingerprint density at radius 2 is 2.00 bits per heavy atom. The maximum atomic E-state index is 9.27. The van der Waals surface area contributed by atoms with Crippen molar-refractivity contribution in [2.75, 3.05) is 11.9 Å². The van der Waals surface area contributed by atoms with Crippen LogP contribution in [0.5, 0.6) is 0 Å². The van der Waals surface area contributed by atoms with Gasteiger partial charge in [-0.25, -0.2) is 4.68 Å². The highest BCUT2D eigenvalue weighted by atomic mass is 16.3. The predicted octanol–water partition coefficient (Wildman–Crippen LogP) is 3.09. The zero-order valence-corrected chi connectivity index (χ0v) is 12.6. The van der Waals surface area contributed by atoms with Crippen molar-refractivity contribution in [2.24, 2.45) is 0 Å². The Bertz CT molecular complexity index is 582. The van der Waals surface area contributed by atoms with Gasteiger partial charge in [-0.15, -0.1) is 0 Å². The van der Waals surface area contributed by atoms with Crippen LogP contribution in [0.15, 0.2) is 30.3 Å². The summed E-state index contributed by atoms with van der Waals surface area (Å²) in [5, 5.41) is 17.3. The number of nitrogens with one attached hydrogen (secondary N) is 1. The van der Waals surface area contributed by atoms with Crippen LogP contribution in [0.25, 0.3) is 5.69 Å². The lowest BCUT2D eigenvalue weighted by atomic mass is 9.92. The van der Waals surface area contributed by atoms with Crippen molar-refractivity contribution >= 4 is 5.82 Å². The summed E-state index contributed by atoms with van der Waals surface area (Å²) < 4.78 is 1.91. The first kappa shape index (κ1) is 14.6. The fourth-order valence-electron chi connectivity index (χ4n) is 2.04. The third-order valence-electron chi connectivity index (χ3n) is 3.17. The van der Waals surface area contributed by atoms with Crippen LogP contribution in [-0.2, 0) is 12.0 Å². The van der Waals surface area contributed by atoms with Crippen LogP contribution < -0.4 is 5.32 Å². The van der Waals surface area contributed by atoms with E-state index in [1.807, 2.05) is 28.9 Å². The maximum Gasteiger partial charge on any atom is 0.130 e. The summed E-state index contributed by atoms with van der Waals surface area (Å²) in [6.45, 7) is 9.41. The molecule has 0 saturated carbocycles. The fourth-order valence-corrected chi connectivity index (χ4v) is 2.04. The van der Waals surface area contributed by atoms with Crippen molar-refractivity contribution in [1.29, 1.82) is 0 Å². The van der Waals surface area contributed by atoms with Crippen LogP contribution in [0.4, 0.5) is 5.82 Å². The van der Waals surface area contributed by atoms with Gasteiger partial charge in [-0.1, -0.05) is 32.9 Å². The molecule has 2 rings (SSSR count). The van der Waals surface area contributed by atoms with Crippen molar-refractivity contribution in [3.63, 3.8) is 0 Å². The van der Waals surface area contributed by atoms with Crippen LogP contribution in [0.2, 0.25) is 0 Å². The van der Waals surface area contributed by atoms with E-state index in [4.69, 9.17) is 5.10 Å². The summed E-state index contributed by atoms with van der Waals surface area (Å²) in [5.74, 6) is 0.979. The van der Waals surface area contributed by atoms with E-state index in [-0.39, 0.29) is 12.0 Å². The van der Waals surface area contributed by atoms with Crippen molar-refractivity contribution in [3.8, 4) is 5.69 Å². The van der Waals surface area contributed by atoms with Crippen LogP contribution >= 0.6 is 0 Å². The number of aromatic nitrogens is 2. The van der Waals surface area contributed by atoms with Gasteiger partial charge in [0.05, 0.1) is 18.0 Å². The number of aliphatic hydroxyl groups is 1.